The summed E-state index contributed by atoms with van der Waals surface area (Å²) in [5.74, 6) is -3.13. The lowest BCUT2D eigenvalue weighted by molar-refractivity contribution is -0.306. The second-order valence-corrected chi connectivity index (χ2v) is 17.5. The van der Waals surface area contributed by atoms with E-state index in [-0.39, 0.29) is 47.7 Å². The van der Waals surface area contributed by atoms with Crippen LogP contribution < -0.4 is 0 Å². The maximum Gasteiger partial charge on any atom is 0.336 e. The van der Waals surface area contributed by atoms with Crippen LogP contribution in [0, 0.1) is 40.4 Å². The first kappa shape index (κ1) is 44.2. The Labute approximate surface area is 344 Å². The highest BCUT2D eigenvalue weighted by Crippen LogP contribution is 2.66. The van der Waals surface area contributed by atoms with Crippen molar-refractivity contribution < 1.29 is 71.5 Å². The smallest absolute Gasteiger partial charge is 0.336 e. The third-order valence-corrected chi connectivity index (χ3v) is 14.0. The van der Waals surface area contributed by atoms with E-state index in [0.717, 1.165) is 59.3 Å². The van der Waals surface area contributed by atoms with Crippen molar-refractivity contribution in [3.05, 3.63) is 34.9 Å². The molecule has 0 aromatic carbocycles. The molecule has 0 aromatic heterocycles. The Kier molecular flexibility index (Phi) is 13.3. The number of hydrogen-bond acceptors (Lipinski definition) is 15. The Hall–Kier alpha value is -4.37. The van der Waals surface area contributed by atoms with Gasteiger partial charge in [-0.1, -0.05) is 30.2 Å². The molecule has 2 saturated carbocycles. The number of ketones is 1. The quantitative estimate of drug-likeness (QED) is 0.148. The summed E-state index contributed by atoms with van der Waals surface area (Å²) in [6.07, 6.45) is 4.24. The number of carbonyl (C=O) groups is 7. The van der Waals surface area contributed by atoms with Gasteiger partial charge in [0.05, 0.1) is 24.2 Å². The molecule has 1 saturated heterocycles. The SMILES string of the molecule is CC(=O)OC[C@@H]([C@H]1CC[C@H]2[C@@H]3CC=C4CC=CC(=O)[C@]4(C)[C@H]3CC[C@]12C)[C@H]1CC(C)=C(CO[C@@H]2O[C@H](COC(C)=O)[C@@H](OC(C)=O)[C@H](OC(C)=O)[C@H]2OC(C)=O)C(=O)O1. The van der Waals surface area contributed by atoms with Crippen molar-refractivity contribution in [1.29, 1.82) is 0 Å². The molecule has 13 atom stereocenters. The minimum atomic E-state index is -1.48. The van der Waals surface area contributed by atoms with Gasteiger partial charge in [-0.15, -0.1) is 0 Å². The molecule has 4 aliphatic carbocycles. The van der Waals surface area contributed by atoms with E-state index >= 15 is 0 Å². The number of ether oxygens (including phenoxy) is 8. The van der Waals surface area contributed by atoms with E-state index in [4.69, 9.17) is 37.9 Å². The van der Waals surface area contributed by atoms with E-state index in [0.29, 0.717) is 23.8 Å². The number of hydrogen-bond donors (Lipinski definition) is 0. The van der Waals surface area contributed by atoms with E-state index in [1.165, 1.54) is 19.4 Å². The van der Waals surface area contributed by atoms with Gasteiger partial charge in [-0.25, -0.2) is 4.79 Å². The van der Waals surface area contributed by atoms with Gasteiger partial charge in [0.2, 0.25) is 0 Å². The fourth-order valence-electron chi connectivity index (χ4n) is 11.4. The minimum Gasteiger partial charge on any atom is -0.465 e. The molecule has 59 heavy (non-hydrogen) atoms. The second kappa shape index (κ2) is 17.7. The lowest BCUT2D eigenvalue weighted by Crippen LogP contribution is -2.63. The van der Waals surface area contributed by atoms with E-state index in [1.807, 2.05) is 6.08 Å². The van der Waals surface area contributed by atoms with Crippen LogP contribution in [0.5, 0.6) is 0 Å². The lowest BCUT2D eigenvalue weighted by atomic mass is 9.47. The molecule has 15 nitrogen and oxygen atoms in total. The maximum atomic E-state index is 14.0. The molecule has 0 aromatic rings. The summed E-state index contributed by atoms with van der Waals surface area (Å²) in [6, 6.07) is 0. The minimum absolute atomic E-state index is 0.0778. The van der Waals surface area contributed by atoms with Crippen LogP contribution in [0.2, 0.25) is 0 Å². The summed E-state index contributed by atoms with van der Waals surface area (Å²) in [5.41, 5.74) is 1.49. The summed E-state index contributed by atoms with van der Waals surface area (Å²) in [6.45, 7) is 11.5. The van der Waals surface area contributed by atoms with Crippen molar-refractivity contribution in [2.24, 2.45) is 40.4 Å². The van der Waals surface area contributed by atoms with Crippen LogP contribution in [0.1, 0.15) is 100 Å². The van der Waals surface area contributed by atoms with E-state index in [1.54, 1.807) is 13.0 Å². The molecule has 0 bridgehead atoms. The van der Waals surface area contributed by atoms with Crippen LogP contribution in [0.25, 0.3) is 0 Å². The standard InChI is InChI=1S/C44H58O15/c1-22-18-35(31(20-52-23(2)45)33-15-14-32-29-13-12-28-10-9-11-37(50)44(28,8)34(29)16-17-43(32,33)7)58-41(51)30(22)19-54-42-40(57-27(6)49)39(56-26(5)48)38(55-25(4)47)36(59-42)21-53-24(3)46/h9,11-12,29,31-36,38-40,42H,10,13-21H2,1-8H3/t29-,31-,32-,33+,34-,35+,36+,38+,39-,40+,42+,43-,44-/m0/s1. The van der Waals surface area contributed by atoms with Crippen molar-refractivity contribution in [3.8, 4) is 0 Å². The number of carbonyl (C=O) groups excluding carboxylic acids is 7. The predicted octanol–water partition coefficient (Wildman–Crippen LogP) is 4.82. The summed E-state index contributed by atoms with van der Waals surface area (Å²) in [5, 5.41) is 0. The lowest BCUT2D eigenvalue weighted by Gasteiger charge is -2.57. The Morgan fingerprint density at radius 1 is 0.831 bits per heavy atom. The fourth-order valence-corrected chi connectivity index (χ4v) is 11.4. The van der Waals surface area contributed by atoms with Gasteiger partial charge in [0.1, 0.15) is 18.8 Å². The third kappa shape index (κ3) is 8.92. The van der Waals surface area contributed by atoms with Crippen molar-refractivity contribution >= 4 is 41.6 Å². The average Bonchev–Trinajstić information content (AvgIpc) is 3.49. The summed E-state index contributed by atoms with van der Waals surface area (Å²) in [7, 11) is 0. The molecular formula is C44H58O15. The Balaban J connectivity index is 1.22. The first-order valence-corrected chi connectivity index (χ1v) is 20.7. The van der Waals surface area contributed by atoms with Gasteiger partial charge < -0.3 is 37.9 Å². The monoisotopic (exact) mass is 826 g/mol. The Morgan fingerprint density at radius 3 is 2.14 bits per heavy atom. The number of fused-ring (bicyclic) bond motifs is 5. The van der Waals surface area contributed by atoms with Gasteiger partial charge in [-0.2, -0.15) is 0 Å². The number of esters is 6. The normalized spacial score (nSPS) is 36.8. The molecule has 0 radical (unpaired) electrons. The molecule has 6 aliphatic rings. The summed E-state index contributed by atoms with van der Waals surface area (Å²) < 4.78 is 45.7. The second-order valence-electron chi connectivity index (χ2n) is 17.5. The van der Waals surface area contributed by atoms with Gasteiger partial charge in [0.25, 0.3) is 0 Å². The molecule has 0 spiro atoms. The maximum absolute atomic E-state index is 14.0. The largest absolute Gasteiger partial charge is 0.465 e. The first-order valence-electron chi connectivity index (χ1n) is 20.7. The van der Waals surface area contributed by atoms with Crippen LogP contribution in [-0.2, 0) is 71.5 Å². The van der Waals surface area contributed by atoms with Crippen LogP contribution in [0.15, 0.2) is 34.9 Å². The highest BCUT2D eigenvalue weighted by molar-refractivity contribution is 5.98. The van der Waals surface area contributed by atoms with Gasteiger partial charge in [-0.3, -0.25) is 28.8 Å². The number of cyclic esters (lactones) is 1. The van der Waals surface area contributed by atoms with Gasteiger partial charge in [0.15, 0.2) is 30.4 Å². The number of allylic oxidation sites excluding steroid dienone is 4. The van der Waals surface area contributed by atoms with Gasteiger partial charge in [0, 0.05) is 47.0 Å². The Morgan fingerprint density at radius 2 is 1.49 bits per heavy atom. The zero-order valence-corrected chi connectivity index (χ0v) is 35.3. The molecule has 3 fully saturated rings. The zero-order valence-electron chi connectivity index (χ0n) is 35.3. The highest BCUT2D eigenvalue weighted by Gasteiger charge is 2.62. The van der Waals surface area contributed by atoms with Crippen molar-refractivity contribution in [2.45, 2.75) is 137 Å². The molecule has 0 amide bonds. The molecule has 0 N–H and O–H groups in total. The Bertz CT molecular complexity index is 1810. The average molecular weight is 827 g/mol. The van der Waals surface area contributed by atoms with E-state index in [2.05, 4.69) is 19.9 Å². The third-order valence-electron chi connectivity index (χ3n) is 14.0. The fraction of sp³-hybridized carbons (Fsp3) is 0.705. The molecule has 6 rings (SSSR count). The van der Waals surface area contributed by atoms with Crippen LogP contribution in [0.3, 0.4) is 0 Å². The van der Waals surface area contributed by atoms with Crippen LogP contribution in [0.4, 0.5) is 0 Å². The van der Waals surface area contributed by atoms with E-state index < -0.39 is 84.6 Å². The first-order chi connectivity index (χ1) is 27.8. The predicted molar refractivity (Wildman–Crippen MR) is 205 cm³/mol. The summed E-state index contributed by atoms with van der Waals surface area (Å²) in [4.78, 5) is 88.1. The topological polar surface area (TPSA) is 193 Å². The van der Waals surface area contributed by atoms with Crippen molar-refractivity contribution in [2.75, 3.05) is 19.8 Å². The van der Waals surface area contributed by atoms with Crippen LogP contribution in [-0.4, -0.2) is 98.2 Å². The molecule has 324 valence electrons. The zero-order chi connectivity index (χ0) is 43.0. The van der Waals surface area contributed by atoms with Gasteiger partial charge >= 0.3 is 35.8 Å². The molecule has 15 heteroatoms. The highest BCUT2D eigenvalue weighted by atomic mass is 16.7. The molecule has 2 aliphatic heterocycles. The van der Waals surface area contributed by atoms with Crippen molar-refractivity contribution in [1.82, 2.24) is 0 Å². The van der Waals surface area contributed by atoms with Crippen LogP contribution >= 0.6 is 0 Å². The molecule has 0 unspecified atom stereocenters. The number of rotatable bonds is 12. The molecule has 2 heterocycles. The van der Waals surface area contributed by atoms with Gasteiger partial charge in [-0.05, 0) is 87.5 Å². The summed E-state index contributed by atoms with van der Waals surface area (Å²) >= 11 is 0. The molecular weight excluding hydrogens is 768 g/mol. The van der Waals surface area contributed by atoms with Crippen molar-refractivity contribution in [3.63, 3.8) is 0 Å². The van der Waals surface area contributed by atoms with E-state index in [9.17, 15) is 33.6 Å².